The van der Waals surface area contributed by atoms with Gasteiger partial charge in [0.15, 0.2) is 0 Å². The van der Waals surface area contributed by atoms with E-state index in [2.05, 4.69) is 52.9 Å². The fraction of sp³-hybridized carbons (Fsp3) is 0.625. The monoisotopic (exact) mass is 324 g/mol. The number of nitrogens with zero attached hydrogens (tertiary/aromatic N) is 1. The number of anilines is 1. The zero-order valence-electron chi connectivity index (χ0n) is 12.0. The quantitative estimate of drug-likeness (QED) is 0.884. The van der Waals surface area contributed by atoms with Gasteiger partial charge in [0.1, 0.15) is 0 Å². The molecular formula is C16H25BrN2. The summed E-state index contributed by atoms with van der Waals surface area (Å²) in [6, 6.07) is 6.58. The highest BCUT2D eigenvalue weighted by Gasteiger charge is 2.21. The molecule has 19 heavy (non-hydrogen) atoms. The summed E-state index contributed by atoms with van der Waals surface area (Å²) in [5, 5.41) is 0. The fourth-order valence-electron chi connectivity index (χ4n) is 3.05. The van der Waals surface area contributed by atoms with Crippen molar-refractivity contribution < 1.29 is 0 Å². The Labute approximate surface area is 125 Å². The second-order valence-corrected chi connectivity index (χ2v) is 6.63. The lowest BCUT2D eigenvalue weighted by Gasteiger charge is -2.35. The van der Waals surface area contributed by atoms with Gasteiger partial charge in [0.05, 0.1) is 0 Å². The van der Waals surface area contributed by atoms with Crippen LogP contribution in [0.1, 0.15) is 51.1 Å². The second-order valence-electron chi connectivity index (χ2n) is 5.71. The molecule has 2 N–H and O–H groups in total. The van der Waals surface area contributed by atoms with E-state index < -0.39 is 0 Å². The fourth-order valence-corrected chi connectivity index (χ4v) is 3.43. The van der Waals surface area contributed by atoms with Gasteiger partial charge in [0.2, 0.25) is 0 Å². The molecule has 2 rings (SSSR count). The van der Waals surface area contributed by atoms with E-state index in [0.29, 0.717) is 0 Å². The zero-order chi connectivity index (χ0) is 13.8. The van der Waals surface area contributed by atoms with Crippen LogP contribution in [0.25, 0.3) is 0 Å². The number of piperidine rings is 1. The van der Waals surface area contributed by atoms with Gasteiger partial charge in [0.25, 0.3) is 0 Å². The normalized spacial score (nSPS) is 18.6. The minimum Gasteiger partial charge on any atom is -0.371 e. The van der Waals surface area contributed by atoms with Crippen LogP contribution in [0.5, 0.6) is 0 Å². The Morgan fingerprint density at radius 3 is 2.63 bits per heavy atom. The van der Waals surface area contributed by atoms with Crippen LogP contribution < -0.4 is 10.6 Å². The summed E-state index contributed by atoms with van der Waals surface area (Å²) < 4.78 is 1.12. The van der Waals surface area contributed by atoms with Crippen LogP contribution in [0.15, 0.2) is 22.7 Å². The first-order chi connectivity index (χ1) is 9.11. The van der Waals surface area contributed by atoms with Crippen molar-refractivity contribution in [2.24, 2.45) is 11.7 Å². The third-order valence-electron chi connectivity index (χ3n) is 4.13. The Hall–Kier alpha value is -0.540. The number of hydrogen-bond acceptors (Lipinski definition) is 2. The molecule has 1 heterocycles. The van der Waals surface area contributed by atoms with E-state index in [9.17, 15) is 0 Å². The molecule has 1 fully saturated rings. The van der Waals surface area contributed by atoms with E-state index in [1.54, 1.807) is 0 Å². The minimum absolute atomic E-state index is 0.0841. The van der Waals surface area contributed by atoms with Crippen molar-refractivity contribution in [2.45, 2.75) is 45.6 Å². The van der Waals surface area contributed by atoms with E-state index >= 15 is 0 Å². The van der Waals surface area contributed by atoms with Crippen molar-refractivity contribution in [1.29, 1.82) is 0 Å². The predicted molar refractivity (Wildman–Crippen MR) is 86.6 cm³/mol. The molecule has 0 bridgehead atoms. The van der Waals surface area contributed by atoms with Crippen LogP contribution >= 0.6 is 15.9 Å². The summed E-state index contributed by atoms with van der Waals surface area (Å²) in [7, 11) is 0. The second kappa shape index (κ2) is 6.76. The van der Waals surface area contributed by atoms with Crippen LogP contribution in [0.2, 0.25) is 0 Å². The van der Waals surface area contributed by atoms with Gasteiger partial charge in [-0.15, -0.1) is 0 Å². The topological polar surface area (TPSA) is 29.3 Å². The Morgan fingerprint density at radius 1 is 1.37 bits per heavy atom. The Bertz CT molecular complexity index is 409. The molecule has 1 aromatic carbocycles. The first-order valence-electron chi connectivity index (χ1n) is 7.41. The molecule has 1 aliphatic heterocycles. The molecule has 3 heteroatoms. The predicted octanol–water partition coefficient (Wildman–Crippen LogP) is 4.49. The molecule has 1 atom stereocenters. The van der Waals surface area contributed by atoms with E-state index in [-0.39, 0.29) is 6.04 Å². The molecule has 1 aliphatic rings. The minimum atomic E-state index is 0.0841. The van der Waals surface area contributed by atoms with E-state index in [1.165, 1.54) is 50.0 Å². The van der Waals surface area contributed by atoms with Gasteiger partial charge in [-0.2, -0.15) is 0 Å². The maximum absolute atomic E-state index is 6.12. The first-order valence-corrected chi connectivity index (χ1v) is 8.21. The molecule has 106 valence electrons. The highest BCUT2D eigenvalue weighted by Crippen LogP contribution is 2.32. The molecule has 0 aromatic heterocycles. The molecule has 1 aromatic rings. The molecular weight excluding hydrogens is 300 g/mol. The third kappa shape index (κ3) is 3.73. The SMILES string of the molecule is CCCC1CCN(c2ccc(Br)cc2C(C)N)CC1. The largest absolute Gasteiger partial charge is 0.371 e. The zero-order valence-corrected chi connectivity index (χ0v) is 13.6. The summed E-state index contributed by atoms with van der Waals surface area (Å²) in [6.45, 7) is 6.70. The Balaban J connectivity index is 2.11. The van der Waals surface area contributed by atoms with Crippen molar-refractivity contribution in [1.82, 2.24) is 0 Å². The molecule has 0 spiro atoms. The standard InChI is InChI=1S/C16H25BrN2/c1-3-4-13-7-9-19(10-8-13)16-6-5-14(17)11-15(16)12(2)18/h5-6,11-13H,3-4,7-10,18H2,1-2H3. The summed E-state index contributed by atoms with van der Waals surface area (Å²) in [5.74, 6) is 0.926. The van der Waals surface area contributed by atoms with Crippen LogP contribution in [0, 0.1) is 5.92 Å². The number of benzene rings is 1. The smallest absolute Gasteiger partial charge is 0.0415 e. The Morgan fingerprint density at radius 2 is 2.05 bits per heavy atom. The summed E-state index contributed by atoms with van der Waals surface area (Å²) >= 11 is 3.54. The molecule has 1 unspecified atom stereocenters. The third-order valence-corrected chi connectivity index (χ3v) is 4.63. The maximum Gasteiger partial charge on any atom is 0.0415 e. The molecule has 0 radical (unpaired) electrons. The number of halogens is 1. The van der Waals surface area contributed by atoms with Gasteiger partial charge in [-0.1, -0.05) is 35.7 Å². The number of rotatable bonds is 4. The van der Waals surface area contributed by atoms with Gasteiger partial charge in [0, 0.05) is 29.3 Å². The van der Waals surface area contributed by atoms with E-state index in [1.807, 2.05) is 0 Å². The van der Waals surface area contributed by atoms with Crippen LogP contribution in [-0.4, -0.2) is 13.1 Å². The molecule has 1 saturated heterocycles. The lowest BCUT2D eigenvalue weighted by molar-refractivity contribution is 0.378. The van der Waals surface area contributed by atoms with Crippen LogP contribution in [0.3, 0.4) is 0 Å². The van der Waals surface area contributed by atoms with E-state index in [0.717, 1.165) is 10.4 Å². The first kappa shape index (κ1) is 14.9. The van der Waals surface area contributed by atoms with Crippen LogP contribution in [0.4, 0.5) is 5.69 Å². The average molecular weight is 325 g/mol. The van der Waals surface area contributed by atoms with Crippen molar-refractivity contribution in [3.63, 3.8) is 0 Å². The maximum atomic E-state index is 6.12. The lowest BCUT2D eigenvalue weighted by Crippen LogP contribution is -2.34. The van der Waals surface area contributed by atoms with Crippen molar-refractivity contribution in [2.75, 3.05) is 18.0 Å². The average Bonchev–Trinajstić information content (AvgIpc) is 2.40. The summed E-state index contributed by atoms with van der Waals surface area (Å²) in [5.41, 5.74) is 8.70. The lowest BCUT2D eigenvalue weighted by atomic mass is 9.91. The van der Waals surface area contributed by atoms with Gasteiger partial charge in [-0.3, -0.25) is 0 Å². The van der Waals surface area contributed by atoms with Gasteiger partial charge in [-0.05, 0) is 49.4 Å². The summed E-state index contributed by atoms with van der Waals surface area (Å²) in [6.07, 6.45) is 5.34. The summed E-state index contributed by atoms with van der Waals surface area (Å²) in [4.78, 5) is 2.51. The molecule has 0 saturated carbocycles. The van der Waals surface area contributed by atoms with Crippen molar-refractivity contribution in [3.05, 3.63) is 28.2 Å². The number of nitrogens with two attached hydrogens (primary N) is 1. The molecule has 0 aliphatic carbocycles. The Kier molecular flexibility index (Phi) is 5.28. The van der Waals surface area contributed by atoms with Crippen molar-refractivity contribution in [3.8, 4) is 0 Å². The highest BCUT2D eigenvalue weighted by molar-refractivity contribution is 9.10. The van der Waals surface area contributed by atoms with Gasteiger partial charge in [-0.25, -0.2) is 0 Å². The molecule has 2 nitrogen and oxygen atoms in total. The van der Waals surface area contributed by atoms with Gasteiger partial charge >= 0.3 is 0 Å². The van der Waals surface area contributed by atoms with Crippen LogP contribution in [-0.2, 0) is 0 Å². The molecule has 0 amide bonds. The number of hydrogen-bond donors (Lipinski definition) is 1. The van der Waals surface area contributed by atoms with Crippen molar-refractivity contribution >= 4 is 21.6 Å². The highest BCUT2D eigenvalue weighted by atomic mass is 79.9. The van der Waals surface area contributed by atoms with Gasteiger partial charge < -0.3 is 10.6 Å². The van der Waals surface area contributed by atoms with E-state index in [4.69, 9.17) is 5.73 Å².